The lowest BCUT2D eigenvalue weighted by molar-refractivity contribution is -0.142. The van der Waals surface area contributed by atoms with E-state index >= 15 is 0 Å². The average molecular weight is 482 g/mol. The lowest BCUT2D eigenvalue weighted by atomic mass is 10.0. The van der Waals surface area contributed by atoms with Gasteiger partial charge in [0.1, 0.15) is 12.4 Å². The van der Waals surface area contributed by atoms with Crippen LogP contribution in [0, 0.1) is 5.92 Å². The van der Waals surface area contributed by atoms with Crippen LogP contribution in [-0.4, -0.2) is 21.4 Å². The van der Waals surface area contributed by atoms with E-state index in [2.05, 4.69) is 30.3 Å². The van der Waals surface area contributed by atoms with Crippen LogP contribution in [0.15, 0.2) is 54.0 Å². The normalized spacial score (nSPS) is 11.2. The van der Waals surface area contributed by atoms with Crippen LogP contribution in [-0.2, 0) is 22.6 Å². The van der Waals surface area contributed by atoms with Crippen LogP contribution in [0.2, 0.25) is 5.02 Å². The number of hydrogen-bond acceptors (Lipinski definition) is 5. The van der Waals surface area contributed by atoms with Gasteiger partial charge in [0.25, 0.3) is 5.91 Å². The molecule has 2 heterocycles. The van der Waals surface area contributed by atoms with Gasteiger partial charge in [0.05, 0.1) is 5.52 Å². The second-order valence-corrected chi connectivity index (χ2v) is 9.50. The monoisotopic (exact) mass is 481 g/mol. The number of nitrogens with zero attached hydrogens (tertiary/aromatic N) is 2. The van der Waals surface area contributed by atoms with Gasteiger partial charge in [0, 0.05) is 34.5 Å². The van der Waals surface area contributed by atoms with Gasteiger partial charge in [-0.3, -0.25) is 14.2 Å². The number of amides is 1. The number of esters is 1. The third-order valence-electron chi connectivity index (χ3n) is 5.08. The first-order valence-corrected chi connectivity index (χ1v) is 11.8. The highest BCUT2D eigenvalue weighted by molar-refractivity contribution is 7.12. The minimum atomic E-state index is -0.342. The molecule has 0 fully saturated rings. The zero-order chi connectivity index (χ0) is 23.5. The van der Waals surface area contributed by atoms with E-state index in [0.29, 0.717) is 22.3 Å². The smallest absolute Gasteiger partial charge is 0.302 e. The number of halogens is 1. The molecule has 0 aliphatic carbocycles. The number of aromatic nitrogens is 2. The van der Waals surface area contributed by atoms with Gasteiger partial charge < -0.3 is 10.1 Å². The fourth-order valence-electron chi connectivity index (χ4n) is 3.59. The maximum atomic E-state index is 12.7. The van der Waals surface area contributed by atoms with E-state index in [1.54, 1.807) is 24.3 Å². The van der Waals surface area contributed by atoms with Gasteiger partial charge in [-0.25, -0.2) is 4.98 Å². The van der Waals surface area contributed by atoms with Crippen molar-refractivity contribution in [2.75, 3.05) is 5.32 Å². The summed E-state index contributed by atoms with van der Waals surface area (Å²) >= 11 is 7.72. The van der Waals surface area contributed by atoms with Crippen molar-refractivity contribution in [1.29, 1.82) is 0 Å². The number of hydrogen-bond donors (Lipinski definition) is 1. The molecule has 0 spiro atoms. The minimum Gasteiger partial charge on any atom is -0.461 e. The van der Waals surface area contributed by atoms with Crippen molar-refractivity contribution < 1.29 is 14.3 Å². The molecule has 0 saturated heterocycles. The van der Waals surface area contributed by atoms with E-state index < -0.39 is 0 Å². The molecule has 0 atom stereocenters. The first-order chi connectivity index (χ1) is 15.8. The number of rotatable bonds is 7. The number of nitrogens with one attached hydrogen (secondary N) is 1. The van der Waals surface area contributed by atoms with E-state index in [9.17, 15) is 9.59 Å². The molecule has 1 N–H and O–H groups in total. The molecule has 0 bridgehead atoms. The molecule has 2 aromatic carbocycles. The fourth-order valence-corrected chi connectivity index (χ4v) is 4.50. The van der Waals surface area contributed by atoms with Gasteiger partial charge >= 0.3 is 5.97 Å². The summed E-state index contributed by atoms with van der Waals surface area (Å²) in [5.41, 5.74) is 3.54. The molecular weight excluding hydrogens is 458 g/mol. The van der Waals surface area contributed by atoms with Gasteiger partial charge in [0.15, 0.2) is 5.13 Å². The highest BCUT2D eigenvalue weighted by Crippen LogP contribution is 2.31. The van der Waals surface area contributed by atoms with Crippen LogP contribution < -0.4 is 5.32 Å². The molecule has 4 rings (SSSR count). The number of ether oxygens (including phenoxy) is 1. The maximum absolute atomic E-state index is 12.7. The molecule has 0 aliphatic heterocycles. The number of benzene rings is 2. The van der Waals surface area contributed by atoms with Crippen LogP contribution >= 0.6 is 22.9 Å². The van der Waals surface area contributed by atoms with Crippen LogP contribution in [0.4, 0.5) is 5.82 Å². The molecule has 0 unspecified atom stereocenters. The number of anilines is 1. The molecule has 0 radical (unpaired) electrons. The summed E-state index contributed by atoms with van der Waals surface area (Å²) in [6, 6.07) is 12.8. The summed E-state index contributed by atoms with van der Waals surface area (Å²) in [6.45, 7) is 5.93. The van der Waals surface area contributed by atoms with Gasteiger partial charge in [-0.2, -0.15) is 0 Å². The van der Waals surface area contributed by atoms with E-state index in [1.165, 1.54) is 23.8 Å². The van der Waals surface area contributed by atoms with Crippen LogP contribution in [0.25, 0.3) is 16.0 Å². The molecule has 8 heteroatoms. The van der Waals surface area contributed by atoms with Crippen molar-refractivity contribution in [3.05, 3.63) is 75.8 Å². The van der Waals surface area contributed by atoms with Crippen molar-refractivity contribution in [2.24, 2.45) is 5.92 Å². The molecule has 0 aliphatic rings. The molecule has 170 valence electrons. The summed E-state index contributed by atoms with van der Waals surface area (Å²) in [6.07, 6.45) is 3.06. The van der Waals surface area contributed by atoms with Gasteiger partial charge in [-0.15, -0.1) is 11.3 Å². The van der Waals surface area contributed by atoms with Gasteiger partial charge in [-0.1, -0.05) is 43.6 Å². The second kappa shape index (κ2) is 9.77. The Kier molecular flexibility index (Phi) is 6.81. The summed E-state index contributed by atoms with van der Waals surface area (Å²) in [7, 11) is 0. The minimum absolute atomic E-state index is 0.181. The predicted octanol–water partition coefficient (Wildman–Crippen LogP) is 6.25. The summed E-state index contributed by atoms with van der Waals surface area (Å²) in [5.74, 6) is 0.404. The van der Waals surface area contributed by atoms with E-state index in [0.717, 1.165) is 28.0 Å². The second-order valence-electron chi connectivity index (χ2n) is 8.23. The van der Waals surface area contributed by atoms with Crippen LogP contribution in [0.1, 0.15) is 42.3 Å². The predicted molar refractivity (Wildman–Crippen MR) is 132 cm³/mol. The van der Waals surface area contributed by atoms with Crippen molar-refractivity contribution in [2.45, 2.75) is 33.8 Å². The quantitative estimate of drug-likeness (QED) is 0.316. The molecule has 33 heavy (non-hydrogen) atoms. The Balaban J connectivity index is 1.53. The Morgan fingerprint density at radius 1 is 1.18 bits per heavy atom. The fraction of sp³-hybridized carbons (Fsp3) is 0.240. The SMILES string of the molecule is CC(=O)OCc1ccc(C(=O)Nc2csc(-n3cc(CC(C)C)c4ccc(Cl)cc43)n2)cc1. The van der Waals surface area contributed by atoms with Crippen molar-refractivity contribution in [3.8, 4) is 5.13 Å². The topological polar surface area (TPSA) is 73.2 Å². The zero-order valence-corrected chi connectivity index (χ0v) is 20.2. The van der Waals surface area contributed by atoms with E-state index in [1.807, 2.05) is 28.1 Å². The molecule has 4 aromatic rings. The highest BCUT2D eigenvalue weighted by Gasteiger charge is 2.15. The van der Waals surface area contributed by atoms with E-state index in [4.69, 9.17) is 16.3 Å². The van der Waals surface area contributed by atoms with Crippen LogP contribution in [0.5, 0.6) is 0 Å². The van der Waals surface area contributed by atoms with Crippen molar-refractivity contribution in [1.82, 2.24) is 9.55 Å². The Morgan fingerprint density at radius 3 is 2.64 bits per heavy atom. The largest absolute Gasteiger partial charge is 0.461 e. The molecular formula is C25H24ClN3O3S. The third kappa shape index (κ3) is 5.43. The average Bonchev–Trinajstić information content (AvgIpc) is 3.36. The van der Waals surface area contributed by atoms with Gasteiger partial charge in [-0.05, 0) is 47.7 Å². The lowest BCUT2D eigenvalue weighted by Crippen LogP contribution is -2.12. The Labute approximate surface area is 201 Å². The molecule has 6 nitrogen and oxygen atoms in total. The van der Waals surface area contributed by atoms with Crippen LogP contribution in [0.3, 0.4) is 0 Å². The van der Waals surface area contributed by atoms with Crippen molar-refractivity contribution in [3.63, 3.8) is 0 Å². The Morgan fingerprint density at radius 2 is 1.94 bits per heavy atom. The highest BCUT2D eigenvalue weighted by atomic mass is 35.5. The first kappa shape index (κ1) is 23.0. The first-order valence-electron chi connectivity index (χ1n) is 10.6. The maximum Gasteiger partial charge on any atom is 0.302 e. The Hall–Kier alpha value is -3.16. The Bertz CT molecular complexity index is 1310. The standard InChI is InChI=1S/C25H24ClN3O3S/c1-15(2)10-19-12-29(22-11-20(26)8-9-21(19)22)25-28-23(14-33-25)27-24(31)18-6-4-17(5-7-18)13-32-16(3)30/h4-9,11-12,14-15H,10,13H2,1-3H3,(H,27,31). The third-order valence-corrected chi connectivity index (χ3v) is 6.15. The summed E-state index contributed by atoms with van der Waals surface area (Å²) in [4.78, 5) is 28.2. The van der Waals surface area contributed by atoms with Crippen molar-refractivity contribution >= 4 is 51.5 Å². The summed E-state index contributed by atoms with van der Waals surface area (Å²) < 4.78 is 7.00. The number of carbonyl (C=O) groups is 2. The number of carbonyl (C=O) groups excluding carboxylic acids is 2. The van der Waals surface area contributed by atoms with Gasteiger partial charge in [0.2, 0.25) is 0 Å². The number of fused-ring (bicyclic) bond motifs is 1. The number of thiazole rings is 1. The zero-order valence-electron chi connectivity index (χ0n) is 18.6. The molecule has 1 amide bonds. The molecule has 2 aromatic heterocycles. The van der Waals surface area contributed by atoms with E-state index in [-0.39, 0.29) is 18.5 Å². The molecule has 0 saturated carbocycles. The lowest BCUT2D eigenvalue weighted by Gasteiger charge is -2.05. The summed E-state index contributed by atoms with van der Waals surface area (Å²) in [5, 5.41) is 7.25.